The highest BCUT2D eigenvalue weighted by Gasteiger charge is 2.36. The summed E-state index contributed by atoms with van der Waals surface area (Å²) in [6.45, 7) is 5.69. The van der Waals surface area contributed by atoms with E-state index < -0.39 is 11.5 Å². The van der Waals surface area contributed by atoms with E-state index in [1.54, 1.807) is 25.1 Å². The molecule has 2 aromatic carbocycles. The molecule has 0 unspecified atom stereocenters. The number of methoxy groups -OCH3 is 1. The van der Waals surface area contributed by atoms with Gasteiger partial charge in [0.1, 0.15) is 11.5 Å². The highest BCUT2D eigenvalue weighted by molar-refractivity contribution is 6.31. The molecular formula is C22H22O5. The van der Waals surface area contributed by atoms with Gasteiger partial charge in [0, 0.05) is 17.5 Å². The van der Waals surface area contributed by atoms with Crippen molar-refractivity contribution < 1.29 is 24.2 Å². The third kappa shape index (κ3) is 3.03. The largest absolute Gasteiger partial charge is 0.506 e. The van der Waals surface area contributed by atoms with E-state index in [0.717, 1.165) is 0 Å². The van der Waals surface area contributed by atoms with Crippen molar-refractivity contribution in [3.8, 4) is 11.5 Å². The van der Waals surface area contributed by atoms with Crippen LogP contribution in [0.5, 0.6) is 11.5 Å². The molecule has 3 rings (SSSR count). The van der Waals surface area contributed by atoms with E-state index in [1.165, 1.54) is 13.2 Å². The summed E-state index contributed by atoms with van der Waals surface area (Å²) >= 11 is 0. The molecule has 1 aliphatic carbocycles. The minimum Gasteiger partial charge on any atom is -0.506 e. The number of benzene rings is 2. The van der Waals surface area contributed by atoms with Crippen molar-refractivity contribution in [2.45, 2.75) is 33.6 Å². The van der Waals surface area contributed by atoms with E-state index in [4.69, 9.17) is 4.74 Å². The lowest BCUT2D eigenvalue weighted by Gasteiger charge is -2.22. The lowest BCUT2D eigenvalue weighted by Crippen LogP contribution is -2.23. The van der Waals surface area contributed by atoms with Gasteiger partial charge < -0.3 is 9.84 Å². The fraction of sp³-hybridized carbons (Fsp3) is 0.318. The van der Waals surface area contributed by atoms with Crippen molar-refractivity contribution in [2.24, 2.45) is 5.92 Å². The van der Waals surface area contributed by atoms with Crippen molar-refractivity contribution in [1.29, 1.82) is 0 Å². The van der Waals surface area contributed by atoms with Gasteiger partial charge in [-0.1, -0.05) is 26.0 Å². The number of Topliss-reactive ketones (excluding diaryl/α,β-unsaturated/α-hetero) is 1. The summed E-state index contributed by atoms with van der Waals surface area (Å²) in [5.41, 5.74) is 0.981. The SMILES string of the molecule is COc1cccc2c1C(=O)c1c(cc(C)c(C(=O)CCC(C)C)c1O)C2=O. The number of hydrogen-bond donors (Lipinski definition) is 1. The van der Waals surface area contributed by atoms with Gasteiger partial charge in [-0.25, -0.2) is 0 Å². The van der Waals surface area contributed by atoms with Crippen LogP contribution in [0.2, 0.25) is 0 Å². The second-order valence-corrected chi connectivity index (χ2v) is 7.24. The van der Waals surface area contributed by atoms with Crippen LogP contribution in [-0.2, 0) is 0 Å². The molecule has 0 amide bonds. The number of hydrogen-bond acceptors (Lipinski definition) is 5. The number of phenolic OH excluding ortho intramolecular Hbond substituents is 1. The van der Waals surface area contributed by atoms with Crippen LogP contribution in [0.3, 0.4) is 0 Å². The second-order valence-electron chi connectivity index (χ2n) is 7.24. The molecule has 0 saturated carbocycles. The van der Waals surface area contributed by atoms with Crippen LogP contribution in [-0.4, -0.2) is 29.6 Å². The molecule has 0 aliphatic heterocycles. The fourth-order valence-electron chi connectivity index (χ4n) is 3.50. The van der Waals surface area contributed by atoms with Crippen LogP contribution in [0, 0.1) is 12.8 Å². The van der Waals surface area contributed by atoms with Crippen LogP contribution in [0.1, 0.15) is 74.5 Å². The Kier molecular flexibility index (Phi) is 4.87. The first-order chi connectivity index (χ1) is 12.8. The Labute approximate surface area is 158 Å². The fourth-order valence-corrected chi connectivity index (χ4v) is 3.50. The summed E-state index contributed by atoms with van der Waals surface area (Å²) in [6, 6.07) is 6.33. The molecule has 27 heavy (non-hydrogen) atoms. The molecule has 0 fully saturated rings. The maximum Gasteiger partial charge on any atom is 0.202 e. The molecule has 0 atom stereocenters. The number of phenols is 1. The summed E-state index contributed by atoms with van der Waals surface area (Å²) in [5, 5.41) is 10.8. The number of ketones is 3. The summed E-state index contributed by atoms with van der Waals surface area (Å²) in [6.07, 6.45) is 0.950. The maximum atomic E-state index is 13.1. The van der Waals surface area contributed by atoms with Crippen molar-refractivity contribution in [1.82, 2.24) is 0 Å². The molecule has 5 heteroatoms. The van der Waals surface area contributed by atoms with Gasteiger partial charge in [-0.15, -0.1) is 0 Å². The lowest BCUT2D eigenvalue weighted by molar-refractivity contribution is 0.0963. The molecular weight excluding hydrogens is 344 g/mol. The lowest BCUT2D eigenvalue weighted by atomic mass is 9.80. The average molecular weight is 366 g/mol. The number of aryl methyl sites for hydroxylation is 1. The van der Waals surface area contributed by atoms with Gasteiger partial charge in [0.25, 0.3) is 0 Å². The van der Waals surface area contributed by atoms with Crippen molar-refractivity contribution in [3.63, 3.8) is 0 Å². The molecule has 0 saturated heterocycles. The number of ether oxygens (including phenoxy) is 1. The first kappa shape index (κ1) is 18.8. The Balaban J connectivity index is 2.19. The normalized spacial score (nSPS) is 12.8. The highest BCUT2D eigenvalue weighted by atomic mass is 16.5. The van der Waals surface area contributed by atoms with Crippen LogP contribution in [0.15, 0.2) is 24.3 Å². The van der Waals surface area contributed by atoms with Crippen LogP contribution >= 0.6 is 0 Å². The molecule has 0 heterocycles. The number of fused-ring (bicyclic) bond motifs is 2. The average Bonchev–Trinajstić information content (AvgIpc) is 2.63. The molecule has 5 nitrogen and oxygen atoms in total. The molecule has 1 N–H and O–H groups in total. The predicted molar refractivity (Wildman–Crippen MR) is 101 cm³/mol. The topological polar surface area (TPSA) is 80.7 Å². The van der Waals surface area contributed by atoms with E-state index >= 15 is 0 Å². The van der Waals surface area contributed by atoms with Gasteiger partial charge >= 0.3 is 0 Å². The van der Waals surface area contributed by atoms with E-state index in [-0.39, 0.29) is 51.6 Å². The monoisotopic (exact) mass is 366 g/mol. The van der Waals surface area contributed by atoms with E-state index in [2.05, 4.69) is 0 Å². The first-order valence-corrected chi connectivity index (χ1v) is 8.94. The number of rotatable bonds is 5. The van der Waals surface area contributed by atoms with Gasteiger partial charge in [0.05, 0.1) is 23.8 Å². The third-order valence-corrected chi connectivity index (χ3v) is 4.92. The summed E-state index contributed by atoms with van der Waals surface area (Å²) in [4.78, 5) is 38.7. The highest BCUT2D eigenvalue weighted by Crippen LogP contribution is 2.40. The molecule has 2 aromatic rings. The zero-order valence-corrected chi connectivity index (χ0v) is 15.9. The smallest absolute Gasteiger partial charge is 0.202 e. The van der Waals surface area contributed by atoms with Crippen molar-refractivity contribution >= 4 is 17.3 Å². The molecule has 0 aromatic heterocycles. The summed E-state index contributed by atoms with van der Waals surface area (Å²) in [5.74, 6) is -0.899. The Bertz CT molecular complexity index is 969. The Morgan fingerprint density at radius 3 is 2.44 bits per heavy atom. The molecule has 0 bridgehead atoms. The number of aromatic hydroxyl groups is 1. The van der Waals surface area contributed by atoms with Gasteiger partial charge in [-0.05, 0) is 37.0 Å². The van der Waals surface area contributed by atoms with Gasteiger partial charge in [0.15, 0.2) is 11.6 Å². The number of carbonyl (C=O) groups excluding carboxylic acids is 3. The zero-order chi connectivity index (χ0) is 19.9. The molecule has 0 spiro atoms. The quantitative estimate of drug-likeness (QED) is 0.688. The summed E-state index contributed by atoms with van der Waals surface area (Å²) < 4.78 is 5.23. The van der Waals surface area contributed by atoms with Crippen molar-refractivity contribution in [3.05, 3.63) is 57.6 Å². The van der Waals surface area contributed by atoms with Crippen LogP contribution in [0.4, 0.5) is 0 Å². The summed E-state index contributed by atoms with van der Waals surface area (Å²) in [7, 11) is 1.42. The van der Waals surface area contributed by atoms with Gasteiger partial charge in [-0.3, -0.25) is 14.4 Å². The third-order valence-electron chi connectivity index (χ3n) is 4.92. The van der Waals surface area contributed by atoms with E-state index in [1.807, 2.05) is 13.8 Å². The minimum atomic E-state index is -0.507. The van der Waals surface area contributed by atoms with Crippen molar-refractivity contribution in [2.75, 3.05) is 7.11 Å². The number of carbonyl (C=O) groups is 3. The minimum absolute atomic E-state index is 0.115. The Morgan fingerprint density at radius 1 is 1.11 bits per heavy atom. The second kappa shape index (κ2) is 6.99. The van der Waals surface area contributed by atoms with Gasteiger partial charge in [-0.2, -0.15) is 0 Å². The standard InChI is InChI=1S/C22H22O5/c1-11(2)8-9-15(23)17-12(3)10-14-19(21(17)25)22(26)18-13(20(14)24)6-5-7-16(18)27-4/h5-7,10-11,25H,8-9H2,1-4H3. The van der Waals surface area contributed by atoms with Gasteiger partial charge in [0.2, 0.25) is 5.78 Å². The van der Waals surface area contributed by atoms with E-state index in [0.29, 0.717) is 17.9 Å². The first-order valence-electron chi connectivity index (χ1n) is 8.94. The zero-order valence-electron chi connectivity index (χ0n) is 15.9. The molecule has 0 radical (unpaired) electrons. The molecule has 140 valence electrons. The van der Waals surface area contributed by atoms with E-state index in [9.17, 15) is 19.5 Å². The van der Waals surface area contributed by atoms with Crippen LogP contribution in [0.25, 0.3) is 0 Å². The predicted octanol–water partition coefficient (Wildman–Crippen LogP) is 4.10. The maximum absolute atomic E-state index is 13.1. The Hall–Kier alpha value is -2.95. The van der Waals surface area contributed by atoms with Crippen LogP contribution < -0.4 is 4.74 Å². The Morgan fingerprint density at radius 2 is 1.81 bits per heavy atom. The molecule has 1 aliphatic rings.